The minimum atomic E-state index is -0.500. The van der Waals surface area contributed by atoms with E-state index in [0.717, 1.165) is 48.3 Å². The molecule has 7 nitrogen and oxygen atoms in total. The van der Waals surface area contributed by atoms with E-state index in [1.54, 1.807) is 11.7 Å². The quantitative estimate of drug-likeness (QED) is 0.693. The van der Waals surface area contributed by atoms with Gasteiger partial charge in [-0.1, -0.05) is 12.1 Å². The highest BCUT2D eigenvalue weighted by atomic mass is 16.5. The molecule has 1 aromatic carbocycles. The van der Waals surface area contributed by atoms with Crippen LogP contribution in [0.5, 0.6) is 0 Å². The lowest BCUT2D eigenvalue weighted by Gasteiger charge is -2.41. The molecule has 1 aromatic heterocycles. The van der Waals surface area contributed by atoms with E-state index in [2.05, 4.69) is 53.4 Å². The zero-order valence-corrected chi connectivity index (χ0v) is 18.6. The first kappa shape index (κ1) is 21.2. The van der Waals surface area contributed by atoms with Crippen molar-refractivity contribution in [3.05, 3.63) is 47.5 Å². The van der Waals surface area contributed by atoms with Crippen LogP contribution in [0.15, 0.2) is 36.2 Å². The van der Waals surface area contributed by atoms with Crippen molar-refractivity contribution in [2.75, 3.05) is 20.1 Å². The molecule has 7 heteroatoms. The normalized spacial score (nSPS) is 18.5. The van der Waals surface area contributed by atoms with Crippen LogP contribution in [0.4, 0.5) is 0 Å². The van der Waals surface area contributed by atoms with Crippen LogP contribution in [0, 0.1) is 6.92 Å². The second kappa shape index (κ2) is 8.21. The number of aldehydes is 1. The zero-order chi connectivity index (χ0) is 22.2. The number of hydrogen-bond acceptors (Lipinski definition) is 5. The van der Waals surface area contributed by atoms with Gasteiger partial charge in [0.1, 0.15) is 17.9 Å². The number of aryl methyl sites for hydroxylation is 1. The second-order valence-electron chi connectivity index (χ2n) is 8.75. The topological polar surface area (TPSA) is 76.5 Å². The molecule has 0 radical (unpaired) electrons. The molecule has 31 heavy (non-hydrogen) atoms. The van der Waals surface area contributed by atoms with E-state index in [-0.39, 0.29) is 11.5 Å². The summed E-state index contributed by atoms with van der Waals surface area (Å²) < 4.78 is 7.61. The van der Waals surface area contributed by atoms with Gasteiger partial charge in [-0.25, -0.2) is 0 Å². The Morgan fingerprint density at radius 1 is 1.39 bits per heavy atom. The van der Waals surface area contributed by atoms with Gasteiger partial charge in [-0.05, 0) is 56.9 Å². The summed E-state index contributed by atoms with van der Waals surface area (Å²) in [7, 11) is 1.61. The van der Waals surface area contributed by atoms with E-state index >= 15 is 0 Å². The van der Waals surface area contributed by atoms with Gasteiger partial charge in [-0.3, -0.25) is 9.48 Å². The number of carbonyl (C=O) groups excluding carboxylic acids is 2. The van der Waals surface area contributed by atoms with Crippen molar-refractivity contribution in [3.8, 4) is 0 Å². The number of likely N-dealkylation sites (N-methyl/N-ethyl adjacent to an activating group) is 1. The van der Waals surface area contributed by atoms with Crippen molar-refractivity contribution < 1.29 is 14.3 Å². The van der Waals surface area contributed by atoms with Crippen LogP contribution in [0.1, 0.15) is 50.4 Å². The molecule has 0 aliphatic carbocycles. The van der Waals surface area contributed by atoms with Gasteiger partial charge < -0.3 is 19.7 Å². The van der Waals surface area contributed by atoms with E-state index in [4.69, 9.17) is 4.74 Å². The van der Waals surface area contributed by atoms with E-state index in [1.165, 1.54) is 11.1 Å². The Hall–Kier alpha value is -3.09. The molecule has 0 saturated heterocycles. The molecule has 1 amide bonds. The Bertz CT molecular complexity index is 1080. The zero-order valence-electron chi connectivity index (χ0n) is 18.6. The first-order valence-electron chi connectivity index (χ1n) is 10.8. The smallest absolute Gasteiger partial charge is 0.244 e. The number of carbonyl (C=O) groups is 2. The van der Waals surface area contributed by atoms with Gasteiger partial charge in [0, 0.05) is 38.0 Å². The van der Waals surface area contributed by atoms with Gasteiger partial charge in [0.05, 0.1) is 11.2 Å². The number of amides is 1. The minimum Gasteiger partial charge on any atom is -0.469 e. The number of aromatic nitrogens is 2. The van der Waals surface area contributed by atoms with Gasteiger partial charge >= 0.3 is 0 Å². The van der Waals surface area contributed by atoms with Gasteiger partial charge in [0.25, 0.3) is 0 Å². The van der Waals surface area contributed by atoms with Crippen LogP contribution < -0.4 is 5.32 Å². The molecule has 1 unspecified atom stereocenters. The lowest BCUT2D eigenvalue weighted by molar-refractivity contribution is -0.124. The van der Waals surface area contributed by atoms with Crippen molar-refractivity contribution >= 4 is 28.7 Å². The van der Waals surface area contributed by atoms with Crippen LogP contribution >= 0.6 is 0 Å². The van der Waals surface area contributed by atoms with Crippen molar-refractivity contribution in [2.24, 2.45) is 0 Å². The number of hydrogen-bond donors (Lipinski definition) is 1. The summed E-state index contributed by atoms with van der Waals surface area (Å²) in [4.78, 5) is 25.6. The van der Waals surface area contributed by atoms with Crippen LogP contribution in [0.3, 0.4) is 0 Å². The molecule has 2 aromatic rings. The van der Waals surface area contributed by atoms with Crippen molar-refractivity contribution in [3.63, 3.8) is 0 Å². The number of nitrogens with zero attached hydrogens (tertiary/aromatic N) is 3. The fraction of sp³-hybridized carbons (Fsp3) is 0.458. The van der Waals surface area contributed by atoms with Gasteiger partial charge in [-0.15, -0.1) is 0 Å². The average Bonchev–Trinajstić information content (AvgIpc) is 3.08. The third-order valence-corrected chi connectivity index (χ3v) is 6.02. The second-order valence-corrected chi connectivity index (χ2v) is 8.75. The lowest BCUT2D eigenvalue weighted by atomic mass is 9.97. The molecule has 1 atom stereocenters. The molecule has 0 spiro atoms. The van der Waals surface area contributed by atoms with E-state index in [0.29, 0.717) is 12.8 Å². The third kappa shape index (κ3) is 4.09. The van der Waals surface area contributed by atoms with Gasteiger partial charge in [0.2, 0.25) is 5.91 Å². The first-order valence-corrected chi connectivity index (χ1v) is 10.8. The summed E-state index contributed by atoms with van der Waals surface area (Å²) in [5, 5.41) is 8.38. The Morgan fingerprint density at radius 3 is 2.77 bits per heavy atom. The molecule has 3 heterocycles. The predicted octanol–water partition coefficient (Wildman–Crippen LogP) is 3.35. The summed E-state index contributed by atoms with van der Waals surface area (Å²) in [6, 6.07) is 5.80. The SMILES string of the molecule is CNC(=O)C(CCC=O)n1nc(C)c2cc(C3=CCN(C4=CC(C)(C)O4)CC3)ccc21. The maximum Gasteiger partial charge on any atom is 0.244 e. The van der Waals surface area contributed by atoms with Crippen molar-refractivity contribution in [1.82, 2.24) is 20.0 Å². The highest BCUT2D eigenvalue weighted by molar-refractivity contribution is 5.88. The van der Waals surface area contributed by atoms with Crippen LogP contribution in [0.2, 0.25) is 0 Å². The molecule has 0 fully saturated rings. The molecule has 4 rings (SSSR count). The Labute approximate surface area is 182 Å². The number of benzene rings is 1. The van der Waals surface area contributed by atoms with Crippen molar-refractivity contribution in [1.29, 1.82) is 0 Å². The molecular formula is C24H30N4O3. The van der Waals surface area contributed by atoms with Crippen LogP contribution in [0.25, 0.3) is 16.5 Å². The molecule has 164 valence electrons. The predicted molar refractivity (Wildman–Crippen MR) is 120 cm³/mol. The van der Waals surface area contributed by atoms with E-state index in [1.807, 2.05) is 13.0 Å². The number of fused-ring (bicyclic) bond motifs is 1. The molecule has 0 bridgehead atoms. The van der Waals surface area contributed by atoms with Gasteiger partial charge in [-0.2, -0.15) is 5.10 Å². The highest BCUT2D eigenvalue weighted by Gasteiger charge is 2.32. The monoisotopic (exact) mass is 422 g/mol. The maximum absolute atomic E-state index is 12.4. The Balaban J connectivity index is 1.59. The van der Waals surface area contributed by atoms with Crippen LogP contribution in [-0.2, 0) is 14.3 Å². The summed E-state index contributed by atoms with van der Waals surface area (Å²) in [5.74, 6) is 0.838. The molecule has 1 N–H and O–H groups in total. The molecular weight excluding hydrogens is 392 g/mol. The summed E-state index contributed by atoms with van der Waals surface area (Å²) in [6.45, 7) is 7.84. The maximum atomic E-state index is 12.4. The van der Waals surface area contributed by atoms with E-state index in [9.17, 15) is 9.59 Å². The Kier molecular flexibility index (Phi) is 5.60. The standard InChI is InChI=1S/C24H30N4O3/c1-16-19-14-18(17-9-11-27(12-10-17)22-15-24(2,3)31-22)7-8-20(19)28(26-16)21(6-5-13-29)23(30)25-4/h7-9,13-15,21H,5-6,10-12H2,1-4H3,(H,25,30). The first-order chi connectivity index (χ1) is 14.8. The summed E-state index contributed by atoms with van der Waals surface area (Å²) >= 11 is 0. The lowest BCUT2D eigenvalue weighted by Crippen LogP contribution is -2.41. The van der Waals surface area contributed by atoms with Gasteiger partial charge in [0.15, 0.2) is 5.88 Å². The summed E-state index contributed by atoms with van der Waals surface area (Å²) in [5.41, 5.74) is 4.14. The Morgan fingerprint density at radius 2 is 2.16 bits per heavy atom. The van der Waals surface area contributed by atoms with Crippen LogP contribution in [-0.4, -0.2) is 52.6 Å². The fourth-order valence-corrected chi connectivity index (χ4v) is 4.34. The van der Waals surface area contributed by atoms with E-state index < -0.39 is 6.04 Å². The largest absolute Gasteiger partial charge is 0.469 e. The molecule has 2 aliphatic heterocycles. The third-order valence-electron chi connectivity index (χ3n) is 6.02. The number of ether oxygens (including phenoxy) is 1. The molecule has 0 saturated carbocycles. The number of rotatable bonds is 7. The fourth-order valence-electron chi connectivity index (χ4n) is 4.34. The minimum absolute atomic E-state index is 0.138. The molecule has 2 aliphatic rings. The van der Waals surface area contributed by atoms with Crippen molar-refractivity contribution in [2.45, 2.75) is 51.7 Å². The highest BCUT2D eigenvalue weighted by Crippen LogP contribution is 2.34. The number of nitrogens with one attached hydrogen (secondary N) is 1. The average molecular weight is 423 g/mol. The summed E-state index contributed by atoms with van der Waals surface area (Å²) in [6.07, 6.45) is 6.96.